The van der Waals surface area contributed by atoms with Gasteiger partial charge in [0.2, 0.25) is 5.88 Å². The number of nitrogens with zero attached hydrogens (tertiary/aromatic N) is 1. The second-order valence-electron chi connectivity index (χ2n) is 7.94. The minimum atomic E-state index is -0.985. The molecule has 0 fully saturated rings. The molecule has 1 aliphatic rings. The molecule has 0 saturated heterocycles. The quantitative estimate of drug-likeness (QED) is 0.466. The van der Waals surface area contributed by atoms with Gasteiger partial charge in [0.05, 0.1) is 5.02 Å². The van der Waals surface area contributed by atoms with Gasteiger partial charge in [-0.2, -0.15) is 0 Å². The molecule has 7 heteroatoms. The molecule has 166 valence electrons. The Kier molecular flexibility index (Phi) is 6.61. The third-order valence-electron chi connectivity index (χ3n) is 5.61. The number of fused-ring (bicyclic) bond motifs is 1. The van der Waals surface area contributed by atoms with Crippen molar-refractivity contribution < 1.29 is 23.8 Å². The summed E-state index contributed by atoms with van der Waals surface area (Å²) in [6, 6.07) is 11.9. The smallest absolute Gasteiger partial charge is 0.341 e. The maximum Gasteiger partial charge on any atom is 0.341 e. The summed E-state index contributed by atoms with van der Waals surface area (Å²) in [5.41, 5.74) is 4.24. The lowest BCUT2D eigenvalue weighted by molar-refractivity contribution is -0.139. The molecule has 0 saturated carbocycles. The molecule has 0 radical (unpaired) electrons. The van der Waals surface area contributed by atoms with Gasteiger partial charge in [-0.15, -0.1) is 0 Å². The summed E-state index contributed by atoms with van der Waals surface area (Å²) < 4.78 is 24.6. The summed E-state index contributed by atoms with van der Waals surface area (Å²) in [4.78, 5) is 15.3. The van der Waals surface area contributed by atoms with Crippen LogP contribution in [0.1, 0.15) is 41.0 Å². The van der Waals surface area contributed by atoms with Gasteiger partial charge in [-0.1, -0.05) is 23.7 Å². The van der Waals surface area contributed by atoms with Crippen LogP contribution < -0.4 is 9.47 Å². The van der Waals surface area contributed by atoms with Crippen molar-refractivity contribution in [1.82, 2.24) is 4.98 Å². The highest BCUT2D eigenvalue weighted by Crippen LogP contribution is 2.39. The van der Waals surface area contributed by atoms with E-state index in [1.807, 2.05) is 25.1 Å². The van der Waals surface area contributed by atoms with E-state index in [4.69, 9.17) is 26.2 Å². The molecule has 3 aromatic rings. The van der Waals surface area contributed by atoms with Crippen LogP contribution in [-0.4, -0.2) is 22.7 Å². The maximum absolute atomic E-state index is 13.3. The molecule has 0 spiro atoms. The number of hydrogen-bond donors (Lipinski definition) is 1. The molecule has 1 aliphatic carbocycles. The second kappa shape index (κ2) is 9.57. The molecule has 5 nitrogen and oxygen atoms in total. The van der Waals surface area contributed by atoms with Crippen molar-refractivity contribution in [2.75, 3.05) is 6.61 Å². The van der Waals surface area contributed by atoms with Crippen LogP contribution in [0.2, 0.25) is 5.02 Å². The average molecular weight is 456 g/mol. The van der Waals surface area contributed by atoms with Crippen molar-refractivity contribution in [2.45, 2.75) is 38.5 Å². The Morgan fingerprint density at radius 3 is 2.84 bits per heavy atom. The number of aryl methyl sites for hydroxylation is 1. The van der Waals surface area contributed by atoms with Crippen molar-refractivity contribution in [3.8, 4) is 17.4 Å². The van der Waals surface area contributed by atoms with Crippen molar-refractivity contribution >= 4 is 17.6 Å². The predicted octanol–water partition coefficient (Wildman–Crippen LogP) is 6.10. The zero-order valence-corrected chi connectivity index (χ0v) is 18.4. The Morgan fingerprint density at radius 2 is 2.09 bits per heavy atom. The number of halogens is 2. The number of hydrogen-bond acceptors (Lipinski definition) is 4. The second-order valence-corrected chi connectivity index (χ2v) is 8.35. The normalized spacial score (nSPS) is 15.2. The Hall–Kier alpha value is -3.12. The summed E-state index contributed by atoms with van der Waals surface area (Å²) in [5.74, 6) is 0.324. The van der Waals surface area contributed by atoms with Gasteiger partial charge in [-0.3, -0.25) is 0 Å². The van der Waals surface area contributed by atoms with Crippen LogP contribution >= 0.6 is 11.6 Å². The van der Waals surface area contributed by atoms with E-state index in [9.17, 15) is 9.18 Å². The van der Waals surface area contributed by atoms with Crippen LogP contribution in [0.25, 0.3) is 0 Å². The largest absolute Gasteiger partial charge is 0.482 e. The van der Waals surface area contributed by atoms with Crippen LogP contribution in [0.4, 0.5) is 4.39 Å². The van der Waals surface area contributed by atoms with Crippen LogP contribution in [0.3, 0.4) is 0 Å². The number of benzene rings is 2. The average Bonchev–Trinajstić information content (AvgIpc) is 2.76. The van der Waals surface area contributed by atoms with Crippen molar-refractivity contribution in [1.29, 1.82) is 0 Å². The summed E-state index contributed by atoms with van der Waals surface area (Å²) in [6.45, 7) is 1.57. The molecule has 1 aromatic heterocycles. The number of carboxylic acid groups (broad SMARTS) is 1. The standard InChI is InChI=1S/C25H23ClFNO4/c1-15-10-16(13-28-25(15)32-23-9-8-18(27)12-21(23)26)11-17-4-2-6-20-19(17)5-3-7-22(20)31-14-24(29)30/h3,5,7-10,12-13,17H,2,4,6,11,14H2,1H3,(H,29,30)/t17-/m0/s1. The first-order valence-corrected chi connectivity index (χ1v) is 10.8. The van der Waals surface area contributed by atoms with E-state index in [1.165, 1.54) is 23.8 Å². The van der Waals surface area contributed by atoms with Gasteiger partial charge in [-0.25, -0.2) is 14.2 Å². The Bertz CT molecular complexity index is 1150. The molecule has 0 unspecified atom stereocenters. The zero-order chi connectivity index (χ0) is 22.7. The molecule has 0 aliphatic heterocycles. The lowest BCUT2D eigenvalue weighted by Crippen LogP contribution is -2.16. The van der Waals surface area contributed by atoms with E-state index in [0.717, 1.165) is 42.4 Å². The molecule has 1 N–H and O–H groups in total. The highest BCUT2D eigenvalue weighted by atomic mass is 35.5. The fourth-order valence-electron chi connectivity index (χ4n) is 4.19. The third kappa shape index (κ3) is 5.02. The monoisotopic (exact) mass is 455 g/mol. The molecule has 1 heterocycles. The number of aliphatic carboxylic acids is 1. The highest BCUT2D eigenvalue weighted by molar-refractivity contribution is 6.32. The van der Waals surface area contributed by atoms with Crippen LogP contribution in [0, 0.1) is 12.7 Å². The van der Waals surface area contributed by atoms with Crippen molar-refractivity contribution in [3.63, 3.8) is 0 Å². The van der Waals surface area contributed by atoms with E-state index in [1.54, 1.807) is 6.20 Å². The van der Waals surface area contributed by atoms with E-state index >= 15 is 0 Å². The SMILES string of the molecule is Cc1cc(C[C@@H]2CCCc3c(OCC(=O)O)cccc32)cnc1Oc1ccc(F)cc1Cl. The molecule has 32 heavy (non-hydrogen) atoms. The maximum atomic E-state index is 13.3. The number of ether oxygens (including phenoxy) is 2. The third-order valence-corrected chi connectivity index (χ3v) is 5.90. The highest BCUT2D eigenvalue weighted by Gasteiger charge is 2.24. The van der Waals surface area contributed by atoms with Crippen LogP contribution in [0.5, 0.6) is 17.4 Å². The number of carbonyl (C=O) groups is 1. The van der Waals surface area contributed by atoms with E-state index < -0.39 is 11.8 Å². The van der Waals surface area contributed by atoms with Crippen molar-refractivity contribution in [2.24, 2.45) is 0 Å². The van der Waals surface area contributed by atoms with Gasteiger partial charge >= 0.3 is 5.97 Å². The fraction of sp³-hybridized carbons (Fsp3) is 0.280. The summed E-state index contributed by atoms with van der Waals surface area (Å²) in [5, 5.41) is 9.12. The first-order chi connectivity index (χ1) is 15.4. The van der Waals surface area contributed by atoms with Gasteiger partial charge in [0.15, 0.2) is 6.61 Å². The van der Waals surface area contributed by atoms with Crippen LogP contribution in [0.15, 0.2) is 48.7 Å². The van der Waals surface area contributed by atoms with Gasteiger partial charge < -0.3 is 14.6 Å². The van der Waals surface area contributed by atoms with Gasteiger partial charge in [0.1, 0.15) is 17.3 Å². The predicted molar refractivity (Wildman–Crippen MR) is 119 cm³/mol. The first-order valence-electron chi connectivity index (χ1n) is 10.5. The fourth-order valence-corrected chi connectivity index (χ4v) is 4.39. The minimum Gasteiger partial charge on any atom is -0.482 e. The Labute approximate surface area is 190 Å². The number of carboxylic acids is 1. The molecule has 0 bridgehead atoms. The van der Waals surface area contributed by atoms with E-state index in [0.29, 0.717) is 23.3 Å². The topological polar surface area (TPSA) is 68.7 Å². The molecular weight excluding hydrogens is 433 g/mol. The zero-order valence-electron chi connectivity index (χ0n) is 17.6. The molecule has 2 aromatic carbocycles. The molecule has 4 rings (SSSR count). The summed E-state index contributed by atoms with van der Waals surface area (Å²) in [7, 11) is 0. The summed E-state index contributed by atoms with van der Waals surface area (Å²) >= 11 is 6.06. The van der Waals surface area contributed by atoms with Crippen molar-refractivity contribution in [3.05, 3.63) is 81.8 Å². The first kappa shape index (κ1) is 22.1. The van der Waals surface area contributed by atoms with Gasteiger partial charge in [0, 0.05) is 11.8 Å². The van der Waals surface area contributed by atoms with Gasteiger partial charge in [-0.05, 0) is 85.5 Å². The molecule has 0 amide bonds. The number of aromatic nitrogens is 1. The van der Waals surface area contributed by atoms with Crippen LogP contribution in [-0.2, 0) is 17.6 Å². The lowest BCUT2D eigenvalue weighted by Gasteiger charge is -2.27. The lowest BCUT2D eigenvalue weighted by atomic mass is 9.79. The molecule has 1 atom stereocenters. The summed E-state index contributed by atoms with van der Waals surface area (Å²) in [6.07, 6.45) is 5.53. The Morgan fingerprint density at radius 1 is 1.25 bits per heavy atom. The van der Waals surface area contributed by atoms with E-state index in [2.05, 4.69) is 11.1 Å². The van der Waals surface area contributed by atoms with Gasteiger partial charge in [0.25, 0.3) is 0 Å². The van der Waals surface area contributed by atoms with E-state index in [-0.39, 0.29) is 11.6 Å². The number of pyridine rings is 1. The Balaban J connectivity index is 1.51. The number of rotatable bonds is 7. The minimum absolute atomic E-state index is 0.190. The molecular formula is C25H23ClFNO4.